The van der Waals surface area contributed by atoms with E-state index in [0.29, 0.717) is 0 Å². The van der Waals surface area contributed by atoms with Crippen LogP contribution in [0.25, 0.3) is 0 Å². The molecule has 0 radical (unpaired) electrons. The van der Waals surface area contributed by atoms with Crippen LogP contribution in [0.2, 0.25) is 0 Å². The van der Waals surface area contributed by atoms with E-state index in [9.17, 15) is 21.6 Å². The van der Waals surface area contributed by atoms with Gasteiger partial charge in [-0.3, -0.25) is 4.79 Å². The van der Waals surface area contributed by atoms with Gasteiger partial charge in [0.2, 0.25) is 26.0 Å². The topological polar surface area (TPSA) is 104 Å². The standard InChI is InChI=1S/C17H21N3O5S2/c1-19(2)27(24,25)16-12-8-7-11-15(16)18-17(21)13-20(3)26(22,23)14-9-5-4-6-10-14/h4-12H,13H2,1-3H3,(H,18,21). The maximum absolute atomic E-state index is 12.5. The quantitative estimate of drug-likeness (QED) is 0.737. The van der Waals surface area contributed by atoms with Crippen LogP contribution in [0.1, 0.15) is 0 Å². The zero-order chi connectivity index (χ0) is 20.2. The average molecular weight is 412 g/mol. The highest BCUT2D eigenvalue weighted by atomic mass is 32.2. The van der Waals surface area contributed by atoms with Crippen molar-refractivity contribution in [2.24, 2.45) is 0 Å². The highest BCUT2D eigenvalue weighted by Crippen LogP contribution is 2.23. The molecule has 2 rings (SSSR count). The summed E-state index contributed by atoms with van der Waals surface area (Å²) in [6.45, 7) is -0.465. The maximum atomic E-state index is 12.5. The number of hydrogen-bond acceptors (Lipinski definition) is 5. The first-order valence-electron chi connectivity index (χ1n) is 7.89. The van der Waals surface area contributed by atoms with Crippen LogP contribution in [0.3, 0.4) is 0 Å². The van der Waals surface area contributed by atoms with Crippen molar-refractivity contribution >= 4 is 31.6 Å². The van der Waals surface area contributed by atoms with E-state index in [2.05, 4.69) is 5.32 Å². The van der Waals surface area contributed by atoms with E-state index in [4.69, 9.17) is 0 Å². The minimum absolute atomic E-state index is 0.0656. The second kappa shape index (κ2) is 8.17. The molecule has 10 heteroatoms. The summed E-state index contributed by atoms with van der Waals surface area (Å²) in [6, 6.07) is 13.7. The van der Waals surface area contributed by atoms with Crippen molar-refractivity contribution < 1.29 is 21.6 Å². The number of nitrogens with zero attached hydrogens (tertiary/aromatic N) is 2. The van der Waals surface area contributed by atoms with Crippen molar-refractivity contribution in [2.45, 2.75) is 9.79 Å². The number of benzene rings is 2. The van der Waals surface area contributed by atoms with E-state index in [1.165, 1.54) is 51.5 Å². The molecule has 1 N–H and O–H groups in total. The van der Waals surface area contributed by atoms with Crippen molar-refractivity contribution in [2.75, 3.05) is 33.0 Å². The minimum atomic E-state index is -3.83. The van der Waals surface area contributed by atoms with Crippen LogP contribution in [0, 0.1) is 0 Å². The van der Waals surface area contributed by atoms with E-state index < -0.39 is 32.5 Å². The molecule has 0 bridgehead atoms. The molecule has 1 amide bonds. The summed E-state index contributed by atoms with van der Waals surface area (Å²) in [5, 5.41) is 2.48. The van der Waals surface area contributed by atoms with Gasteiger partial charge in [-0.15, -0.1) is 0 Å². The minimum Gasteiger partial charge on any atom is -0.324 e. The molecule has 2 aromatic rings. The Kier molecular flexibility index (Phi) is 6.37. The van der Waals surface area contributed by atoms with Gasteiger partial charge in [-0.05, 0) is 24.3 Å². The zero-order valence-electron chi connectivity index (χ0n) is 15.2. The number of likely N-dealkylation sites (N-methyl/N-ethyl adjacent to an activating group) is 1. The number of rotatable bonds is 7. The van der Waals surface area contributed by atoms with Gasteiger partial charge in [0.05, 0.1) is 17.1 Å². The molecule has 0 fully saturated rings. The molecule has 0 saturated heterocycles. The number of carbonyl (C=O) groups is 1. The lowest BCUT2D eigenvalue weighted by atomic mass is 10.3. The van der Waals surface area contributed by atoms with Crippen LogP contribution < -0.4 is 5.32 Å². The molecule has 8 nitrogen and oxygen atoms in total. The molecule has 2 aromatic carbocycles. The molecular weight excluding hydrogens is 390 g/mol. The third-order valence-electron chi connectivity index (χ3n) is 3.74. The Labute approximate surface area is 159 Å². The Hall–Kier alpha value is -2.27. The Morgan fingerprint density at radius 3 is 2.00 bits per heavy atom. The summed E-state index contributed by atoms with van der Waals surface area (Å²) in [7, 11) is -3.55. The van der Waals surface area contributed by atoms with Gasteiger partial charge in [0, 0.05) is 21.1 Å². The van der Waals surface area contributed by atoms with Crippen molar-refractivity contribution in [3.05, 3.63) is 54.6 Å². The molecule has 0 aliphatic rings. The lowest BCUT2D eigenvalue weighted by Gasteiger charge is -2.18. The predicted octanol–water partition coefficient (Wildman–Crippen LogP) is 1.20. The monoisotopic (exact) mass is 411 g/mol. The number of para-hydroxylation sites is 1. The van der Waals surface area contributed by atoms with Gasteiger partial charge >= 0.3 is 0 Å². The second-order valence-electron chi connectivity index (χ2n) is 5.91. The zero-order valence-corrected chi connectivity index (χ0v) is 16.8. The lowest BCUT2D eigenvalue weighted by Crippen LogP contribution is -2.35. The largest absolute Gasteiger partial charge is 0.324 e. The maximum Gasteiger partial charge on any atom is 0.244 e. The van der Waals surface area contributed by atoms with E-state index >= 15 is 0 Å². The molecule has 0 spiro atoms. The second-order valence-corrected chi connectivity index (χ2v) is 10.1. The third-order valence-corrected chi connectivity index (χ3v) is 7.43. The summed E-state index contributed by atoms with van der Waals surface area (Å²) in [6.07, 6.45) is 0. The molecular formula is C17H21N3O5S2. The van der Waals surface area contributed by atoms with Crippen LogP contribution in [0.5, 0.6) is 0 Å². The number of carbonyl (C=O) groups excluding carboxylic acids is 1. The van der Waals surface area contributed by atoms with Gasteiger partial charge in [0.15, 0.2) is 0 Å². The molecule has 0 heterocycles. The van der Waals surface area contributed by atoms with Crippen molar-refractivity contribution in [1.82, 2.24) is 8.61 Å². The van der Waals surface area contributed by atoms with Crippen LogP contribution in [-0.2, 0) is 24.8 Å². The number of hydrogen-bond donors (Lipinski definition) is 1. The Bertz CT molecular complexity index is 1020. The van der Waals surface area contributed by atoms with E-state index in [0.717, 1.165) is 8.61 Å². The molecule has 0 saturated carbocycles. The lowest BCUT2D eigenvalue weighted by molar-refractivity contribution is -0.116. The number of sulfonamides is 2. The fourth-order valence-electron chi connectivity index (χ4n) is 2.24. The average Bonchev–Trinajstić information content (AvgIpc) is 2.62. The normalized spacial score (nSPS) is 12.3. The Morgan fingerprint density at radius 2 is 1.41 bits per heavy atom. The highest BCUT2D eigenvalue weighted by Gasteiger charge is 2.25. The van der Waals surface area contributed by atoms with Crippen LogP contribution >= 0.6 is 0 Å². The van der Waals surface area contributed by atoms with Crippen LogP contribution in [0.4, 0.5) is 5.69 Å². The molecule has 0 atom stereocenters. The van der Waals surface area contributed by atoms with Gasteiger partial charge in [0.25, 0.3) is 0 Å². The predicted molar refractivity (Wildman–Crippen MR) is 102 cm³/mol. The third kappa shape index (κ3) is 4.72. The van der Waals surface area contributed by atoms with Gasteiger partial charge in [0.1, 0.15) is 4.90 Å². The molecule has 0 aromatic heterocycles. The summed E-state index contributed by atoms with van der Waals surface area (Å²) in [5.74, 6) is -0.654. The summed E-state index contributed by atoms with van der Waals surface area (Å²) in [5.41, 5.74) is 0.0849. The molecule has 27 heavy (non-hydrogen) atoms. The molecule has 0 aliphatic heterocycles. The number of nitrogens with one attached hydrogen (secondary N) is 1. The smallest absolute Gasteiger partial charge is 0.244 e. The van der Waals surface area contributed by atoms with Crippen LogP contribution in [0.15, 0.2) is 64.4 Å². The van der Waals surface area contributed by atoms with Crippen molar-refractivity contribution in [1.29, 1.82) is 0 Å². The van der Waals surface area contributed by atoms with Gasteiger partial charge < -0.3 is 5.32 Å². The fraction of sp³-hybridized carbons (Fsp3) is 0.235. The van der Waals surface area contributed by atoms with Crippen molar-refractivity contribution in [3.8, 4) is 0 Å². The van der Waals surface area contributed by atoms with Crippen molar-refractivity contribution in [3.63, 3.8) is 0 Å². The first-order valence-corrected chi connectivity index (χ1v) is 10.8. The first kappa shape index (κ1) is 21.0. The molecule has 0 unspecified atom stereocenters. The van der Waals surface area contributed by atoms with E-state index in [1.807, 2.05) is 0 Å². The molecule has 0 aliphatic carbocycles. The Morgan fingerprint density at radius 1 is 0.852 bits per heavy atom. The van der Waals surface area contributed by atoms with Gasteiger partial charge in [-0.1, -0.05) is 30.3 Å². The number of amides is 1. The SMILES string of the molecule is CN(C)S(=O)(=O)c1ccccc1NC(=O)CN(C)S(=O)(=O)c1ccccc1. The van der Waals surface area contributed by atoms with E-state index in [-0.39, 0.29) is 15.5 Å². The first-order chi connectivity index (χ1) is 12.6. The summed E-state index contributed by atoms with van der Waals surface area (Å²) < 4.78 is 51.6. The fourth-order valence-corrected chi connectivity index (χ4v) is 4.43. The molecule has 146 valence electrons. The summed E-state index contributed by atoms with van der Waals surface area (Å²) >= 11 is 0. The van der Waals surface area contributed by atoms with Gasteiger partial charge in [-0.2, -0.15) is 4.31 Å². The Balaban J connectivity index is 2.20. The van der Waals surface area contributed by atoms with Gasteiger partial charge in [-0.25, -0.2) is 21.1 Å². The highest BCUT2D eigenvalue weighted by molar-refractivity contribution is 7.89. The van der Waals surface area contributed by atoms with Crippen LogP contribution in [-0.4, -0.2) is 59.0 Å². The summed E-state index contributed by atoms with van der Waals surface area (Å²) in [4.78, 5) is 12.3. The van der Waals surface area contributed by atoms with E-state index in [1.54, 1.807) is 24.3 Å². The number of anilines is 1.